The van der Waals surface area contributed by atoms with E-state index < -0.39 is 5.97 Å². The second-order valence-corrected chi connectivity index (χ2v) is 5.18. The summed E-state index contributed by atoms with van der Waals surface area (Å²) >= 11 is 0. The van der Waals surface area contributed by atoms with Crippen molar-refractivity contribution in [2.24, 2.45) is 11.8 Å². The van der Waals surface area contributed by atoms with Crippen LogP contribution in [0, 0.1) is 11.8 Å². The molecule has 1 N–H and O–H groups in total. The van der Waals surface area contributed by atoms with E-state index in [0.29, 0.717) is 11.8 Å². The molecule has 0 aliphatic carbocycles. The number of allylic oxidation sites excluding steroid dienone is 5. The molecule has 0 aliphatic heterocycles. The maximum Gasteiger partial charge on any atom is 0.328 e. The molecular formula is C18H30O2. The monoisotopic (exact) mass is 278 g/mol. The van der Waals surface area contributed by atoms with Crippen molar-refractivity contribution in [1.82, 2.24) is 0 Å². The van der Waals surface area contributed by atoms with Crippen LogP contribution in [0.4, 0.5) is 0 Å². The maximum atomic E-state index is 10.6. The Hall–Kier alpha value is -1.31. The van der Waals surface area contributed by atoms with Crippen LogP contribution in [0.2, 0.25) is 0 Å². The minimum atomic E-state index is -0.880. The fraction of sp³-hybridized carbons (Fsp3) is 0.611. The summed E-state index contributed by atoms with van der Waals surface area (Å²) in [7, 11) is 0. The van der Waals surface area contributed by atoms with Gasteiger partial charge in [-0.25, -0.2) is 4.79 Å². The van der Waals surface area contributed by atoms with Crippen molar-refractivity contribution in [3.05, 3.63) is 36.0 Å². The summed E-state index contributed by atoms with van der Waals surface area (Å²) in [6.45, 7) is 8.66. The predicted octanol–water partition coefficient (Wildman–Crippen LogP) is 5.37. The van der Waals surface area contributed by atoms with Crippen molar-refractivity contribution in [1.29, 1.82) is 0 Å². The topological polar surface area (TPSA) is 37.3 Å². The molecule has 0 aliphatic rings. The first-order chi connectivity index (χ1) is 9.57. The molecule has 2 heteroatoms. The summed E-state index contributed by atoms with van der Waals surface area (Å²) in [4.78, 5) is 10.6. The highest BCUT2D eigenvalue weighted by atomic mass is 16.4. The third-order valence-electron chi connectivity index (χ3n) is 3.60. The molecule has 0 heterocycles. The Balaban J connectivity index is 4.78. The highest BCUT2D eigenvalue weighted by Gasteiger charge is 2.10. The molecule has 0 spiro atoms. The van der Waals surface area contributed by atoms with E-state index in [0.717, 1.165) is 37.7 Å². The van der Waals surface area contributed by atoms with Crippen LogP contribution in [0.25, 0.3) is 0 Å². The molecule has 114 valence electrons. The van der Waals surface area contributed by atoms with Gasteiger partial charge in [0.1, 0.15) is 0 Å². The van der Waals surface area contributed by atoms with Gasteiger partial charge in [-0.1, -0.05) is 57.6 Å². The first kappa shape index (κ1) is 18.7. The Labute approximate surface area is 124 Å². The first-order valence-corrected chi connectivity index (χ1v) is 7.85. The third-order valence-corrected chi connectivity index (χ3v) is 3.60. The van der Waals surface area contributed by atoms with Crippen LogP contribution >= 0.6 is 0 Å². The second kappa shape index (κ2) is 11.5. The lowest BCUT2D eigenvalue weighted by atomic mass is 9.88. The Bertz CT molecular complexity index is 350. The normalized spacial score (nSPS) is 15.9. The van der Waals surface area contributed by atoms with Crippen molar-refractivity contribution >= 4 is 5.97 Å². The standard InChI is InChI=1S/C18H30O2/c1-5-9-10-15(6-2)13-17(8-4)14-16(7-3)11-12-18(19)20/h9-12,14-15,17H,5-8,13H2,1-4H3,(H,19,20)/b10-9+,12-11+,16-14+. The van der Waals surface area contributed by atoms with Gasteiger partial charge in [-0.3, -0.25) is 0 Å². The zero-order chi connectivity index (χ0) is 15.4. The number of carbonyl (C=O) groups is 1. The van der Waals surface area contributed by atoms with Crippen molar-refractivity contribution in [3.8, 4) is 0 Å². The predicted molar refractivity (Wildman–Crippen MR) is 86.8 cm³/mol. The molecular weight excluding hydrogens is 248 g/mol. The molecule has 0 fully saturated rings. The van der Waals surface area contributed by atoms with E-state index in [1.54, 1.807) is 6.08 Å². The van der Waals surface area contributed by atoms with Crippen molar-refractivity contribution in [2.75, 3.05) is 0 Å². The number of hydrogen-bond acceptors (Lipinski definition) is 1. The molecule has 0 rings (SSSR count). The van der Waals surface area contributed by atoms with Crippen LogP contribution in [0.3, 0.4) is 0 Å². The van der Waals surface area contributed by atoms with Crippen molar-refractivity contribution in [2.45, 2.75) is 59.8 Å². The van der Waals surface area contributed by atoms with E-state index in [9.17, 15) is 4.79 Å². The lowest BCUT2D eigenvalue weighted by Crippen LogP contribution is -2.04. The summed E-state index contributed by atoms with van der Waals surface area (Å²) < 4.78 is 0. The average molecular weight is 278 g/mol. The first-order valence-electron chi connectivity index (χ1n) is 7.85. The molecule has 0 bridgehead atoms. The summed E-state index contributed by atoms with van der Waals surface area (Å²) in [6.07, 6.45) is 15.2. The Morgan fingerprint density at radius 2 is 1.70 bits per heavy atom. The molecule has 0 radical (unpaired) electrons. The van der Waals surface area contributed by atoms with E-state index >= 15 is 0 Å². The van der Waals surface area contributed by atoms with Gasteiger partial charge in [-0.2, -0.15) is 0 Å². The van der Waals surface area contributed by atoms with Gasteiger partial charge < -0.3 is 5.11 Å². The van der Waals surface area contributed by atoms with Crippen LogP contribution in [0.1, 0.15) is 59.8 Å². The van der Waals surface area contributed by atoms with Gasteiger partial charge in [0.2, 0.25) is 0 Å². The van der Waals surface area contributed by atoms with Gasteiger partial charge in [-0.05, 0) is 43.9 Å². The van der Waals surface area contributed by atoms with E-state index in [1.165, 1.54) is 6.08 Å². The molecule has 0 aromatic carbocycles. The molecule has 2 unspecified atom stereocenters. The van der Waals surface area contributed by atoms with Crippen LogP contribution in [0.15, 0.2) is 36.0 Å². The summed E-state index contributed by atoms with van der Waals surface area (Å²) in [5.74, 6) is 0.266. The number of carboxylic acid groups (broad SMARTS) is 1. The van der Waals surface area contributed by atoms with E-state index in [1.807, 2.05) is 0 Å². The molecule has 0 aromatic rings. The maximum absolute atomic E-state index is 10.6. The smallest absolute Gasteiger partial charge is 0.328 e. The van der Waals surface area contributed by atoms with Gasteiger partial charge in [0.15, 0.2) is 0 Å². The lowest BCUT2D eigenvalue weighted by Gasteiger charge is -2.17. The molecule has 0 saturated heterocycles. The molecule has 2 nitrogen and oxygen atoms in total. The van der Waals surface area contributed by atoms with Crippen LogP contribution < -0.4 is 0 Å². The molecule has 0 saturated carbocycles. The van der Waals surface area contributed by atoms with E-state index in [2.05, 4.69) is 45.9 Å². The minimum Gasteiger partial charge on any atom is -0.478 e. The van der Waals surface area contributed by atoms with Crippen LogP contribution in [-0.2, 0) is 4.79 Å². The van der Waals surface area contributed by atoms with Gasteiger partial charge in [-0.15, -0.1) is 0 Å². The highest BCUT2D eigenvalue weighted by Crippen LogP contribution is 2.23. The summed E-state index contributed by atoms with van der Waals surface area (Å²) in [5, 5.41) is 8.71. The minimum absolute atomic E-state index is 0.523. The molecule has 20 heavy (non-hydrogen) atoms. The number of hydrogen-bond donors (Lipinski definition) is 1. The van der Waals surface area contributed by atoms with E-state index in [-0.39, 0.29) is 0 Å². The van der Waals surface area contributed by atoms with Crippen molar-refractivity contribution < 1.29 is 9.90 Å². The highest BCUT2D eigenvalue weighted by molar-refractivity contribution is 5.80. The fourth-order valence-electron chi connectivity index (χ4n) is 2.22. The zero-order valence-electron chi connectivity index (χ0n) is 13.4. The van der Waals surface area contributed by atoms with Crippen LogP contribution in [-0.4, -0.2) is 11.1 Å². The number of aliphatic carboxylic acids is 1. The fourth-order valence-corrected chi connectivity index (χ4v) is 2.22. The van der Waals surface area contributed by atoms with Gasteiger partial charge in [0, 0.05) is 6.08 Å². The van der Waals surface area contributed by atoms with E-state index in [4.69, 9.17) is 5.11 Å². The van der Waals surface area contributed by atoms with Crippen LogP contribution in [0.5, 0.6) is 0 Å². The van der Waals surface area contributed by atoms with Gasteiger partial charge in [0.25, 0.3) is 0 Å². The summed E-state index contributed by atoms with van der Waals surface area (Å²) in [6, 6.07) is 0. The SMILES string of the molecule is CC/C=C/C(CC)CC(/C=C(/C=C/C(=O)O)CC)CC. The quantitative estimate of drug-likeness (QED) is 0.331. The second-order valence-electron chi connectivity index (χ2n) is 5.18. The summed E-state index contributed by atoms with van der Waals surface area (Å²) in [5.41, 5.74) is 1.12. The van der Waals surface area contributed by atoms with Gasteiger partial charge >= 0.3 is 5.97 Å². The number of rotatable bonds is 10. The Morgan fingerprint density at radius 3 is 2.15 bits per heavy atom. The average Bonchev–Trinajstić information content (AvgIpc) is 2.45. The molecule has 2 atom stereocenters. The largest absolute Gasteiger partial charge is 0.478 e. The third kappa shape index (κ3) is 8.73. The Kier molecular flexibility index (Phi) is 10.8. The zero-order valence-corrected chi connectivity index (χ0v) is 13.4. The van der Waals surface area contributed by atoms with Gasteiger partial charge in [0.05, 0.1) is 0 Å². The molecule has 0 aromatic heterocycles. The molecule has 0 amide bonds. The Morgan fingerprint density at radius 1 is 1.05 bits per heavy atom. The lowest BCUT2D eigenvalue weighted by molar-refractivity contribution is -0.131. The number of carboxylic acids is 1. The van der Waals surface area contributed by atoms with Crippen molar-refractivity contribution in [3.63, 3.8) is 0 Å².